The minimum Gasteiger partial charge on any atom is -0.481 e. The third kappa shape index (κ3) is 3.51. The maximum Gasteiger partial charge on any atom is 0.305 e. The van der Waals surface area contributed by atoms with E-state index in [1.807, 2.05) is 0 Å². The number of hydrogen-bond acceptors (Lipinski definition) is 5. The number of carboxylic acids is 1. The van der Waals surface area contributed by atoms with Gasteiger partial charge in [-0.05, 0) is 18.2 Å². The summed E-state index contributed by atoms with van der Waals surface area (Å²) in [5.41, 5.74) is 0.370. The number of halogens is 2. The highest BCUT2D eigenvalue weighted by Crippen LogP contribution is 2.31. The van der Waals surface area contributed by atoms with Crippen LogP contribution in [0.3, 0.4) is 0 Å². The van der Waals surface area contributed by atoms with Crippen LogP contribution in [0.25, 0.3) is 10.6 Å². The van der Waals surface area contributed by atoms with Gasteiger partial charge in [0.15, 0.2) is 5.01 Å². The van der Waals surface area contributed by atoms with E-state index >= 15 is 0 Å². The highest BCUT2D eigenvalue weighted by Gasteiger charge is 2.14. The summed E-state index contributed by atoms with van der Waals surface area (Å²) in [5.74, 6) is -1.25. The lowest BCUT2D eigenvalue weighted by atomic mass is 10.2. The molecule has 0 aliphatic heterocycles. The molecule has 0 spiro atoms. The van der Waals surface area contributed by atoms with Gasteiger partial charge < -0.3 is 10.0 Å². The van der Waals surface area contributed by atoms with Crippen molar-refractivity contribution >= 4 is 38.4 Å². The number of anilines is 1. The summed E-state index contributed by atoms with van der Waals surface area (Å²) in [6.07, 6.45) is 0.0106. The number of carbonyl (C=O) groups is 1. The highest BCUT2D eigenvalue weighted by atomic mass is 79.9. The molecule has 0 bridgehead atoms. The first kappa shape index (κ1) is 14.9. The van der Waals surface area contributed by atoms with Crippen LogP contribution in [0, 0.1) is 5.82 Å². The molecule has 1 aromatic carbocycles. The topological polar surface area (TPSA) is 66.3 Å². The Morgan fingerprint density at radius 1 is 1.50 bits per heavy atom. The summed E-state index contributed by atoms with van der Waals surface area (Å²) in [4.78, 5) is 12.2. The van der Waals surface area contributed by atoms with Gasteiger partial charge in [0.05, 0.1) is 6.42 Å². The van der Waals surface area contributed by atoms with Crippen molar-refractivity contribution < 1.29 is 14.3 Å². The highest BCUT2D eigenvalue weighted by molar-refractivity contribution is 9.10. The van der Waals surface area contributed by atoms with E-state index in [4.69, 9.17) is 5.11 Å². The van der Waals surface area contributed by atoms with E-state index in [1.54, 1.807) is 24.1 Å². The van der Waals surface area contributed by atoms with Crippen molar-refractivity contribution in [3.05, 3.63) is 28.5 Å². The van der Waals surface area contributed by atoms with E-state index in [-0.39, 0.29) is 12.2 Å². The lowest BCUT2D eigenvalue weighted by Crippen LogP contribution is -2.20. The van der Waals surface area contributed by atoms with E-state index in [0.29, 0.717) is 22.2 Å². The third-order valence-electron chi connectivity index (χ3n) is 2.56. The Morgan fingerprint density at radius 2 is 2.25 bits per heavy atom. The number of carboxylic acid groups (broad SMARTS) is 1. The lowest BCUT2D eigenvalue weighted by molar-refractivity contribution is -0.136. The SMILES string of the molecule is CN(CCC(=O)O)c1nnc(-c2cc(Br)ccc2F)s1. The number of aromatic nitrogens is 2. The first-order chi connectivity index (χ1) is 9.47. The van der Waals surface area contributed by atoms with Gasteiger partial charge in [0.25, 0.3) is 0 Å². The van der Waals surface area contributed by atoms with Crippen molar-refractivity contribution in [2.45, 2.75) is 6.42 Å². The first-order valence-corrected chi connectivity index (χ1v) is 7.30. The molecule has 2 rings (SSSR count). The quantitative estimate of drug-likeness (QED) is 0.888. The molecule has 0 amide bonds. The van der Waals surface area contributed by atoms with E-state index < -0.39 is 5.97 Å². The molecular weight excluding hydrogens is 349 g/mol. The third-order valence-corrected chi connectivity index (χ3v) is 4.12. The molecule has 0 aliphatic rings. The maximum atomic E-state index is 13.7. The van der Waals surface area contributed by atoms with E-state index in [1.165, 1.54) is 17.4 Å². The van der Waals surface area contributed by atoms with E-state index in [0.717, 1.165) is 4.47 Å². The van der Waals surface area contributed by atoms with Gasteiger partial charge in [-0.3, -0.25) is 4.79 Å². The molecule has 8 heteroatoms. The maximum absolute atomic E-state index is 13.7. The fourth-order valence-corrected chi connectivity index (χ4v) is 2.71. The van der Waals surface area contributed by atoms with Crippen molar-refractivity contribution in [2.24, 2.45) is 0 Å². The number of rotatable bonds is 5. The molecule has 5 nitrogen and oxygen atoms in total. The molecule has 20 heavy (non-hydrogen) atoms. The summed E-state index contributed by atoms with van der Waals surface area (Å²) < 4.78 is 14.5. The van der Waals surface area contributed by atoms with E-state index in [2.05, 4.69) is 26.1 Å². The normalized spacial score (nSPS) is 10.6. The largest absolute Gasteiger partial charge is 0.481 e. The van der Waals surface area contributed by atoms with Crippen molar-refractivity contribution in [1.29, 1.82) is 0 Å². The molecule has 0 atom stereocenters. The standard InChI is InChI=1S/C12H11BrFN3O2S/c1-17(5-4-10(18)19)12-16-15-11(20-12)8-6-7(13)2-3-9(8)14/h2-3,6H,4-5H2,1H3,(H,18,19). The fourth-order valence-electron chi connectivity index (χ4n) is 1.50. The van der Waals surface area contributed by atoms with Crippen LogP contribution in [0.1, 0.15) is 6.42 Å². The van der Waals surface area contributed by atoms with Gasteiger partial charge in [-0.15, -0.1) is 10.2 Å². The molecule has 1 heterocycles. The van der Waals surface area contributed by atoms with E-state index in [9.17, 15) is 9.18 Å². The second kappa shape index (κ2) is 6.27. The predicted octanol–water partition coefficient (Wildman–Crippen LogP) is 3.02. The molecule has 0 saturated heterocycles. The average molecular weight is 360 g/mol. The Bertz CT molecular complexity index is 635. The Morgan fingerprint density at radius 3 is 2.95 bits per heavy atom. The van der Waals surface area contributed by atoms with Gasteiger partial charge in [-0.25, -0.2) is 4.39 Å². The minimum atomic E-state index is -0.875. The van der Waals surface area contributed by atoms with Crippen LogP contribution in [-0.2, 0) is 4.79 Å². The molecule has 0 fully saturated rings. The zero-order valence-electron chi connectivity index (χ0n) is 10.5. The van der Waals surface area contributed by atoms with Gasteiger partial charge in [-0.2, -0.15) is 0 Å². The van der Waals surface area contributed by atoms with Crippen LogP contribution in [0.2, 0.25) is 0 Å². The molecule has 2 aromatic rings. The molecule has 1 aromatic heterocycles. The van der Waals surface area contributed by atoms with Gasteiger partial charge in [0.1, 0.15) is 5.82 Å². The fraction of sp³-hybridized carbons (Fsp3) is 0.250. The zero-order valence-corrected chi connectivity index (χ0v) is 12.9. The van der Waals surface area contributed by atoms with Gasteiger partial charge in [0.2, 0.25) is 5.13 Å². The van der Waals surface area contributed by atoms with Crippen LogP contribution < -0.4 is 4.90 Å². The monoisotopic (exact) mass is 359 g/mol. The minimum absolute atomic E-state index is 0.0106. The van der Waals surface area contributed by atoms with Crippen LogP contribution in [0.4, 0.5) is 9.52 Å². The summed E-state index contributed by atoms with van der Waals surface area (Å²) >= 11 is 4.50. The van der Waals surface area contributed by atoms with Crippen LogP contribution in [0.5, 0.6) is 0 Å². The van der Waals surface area contributed by atoms with Crippen molar-refractivity contribution in [2.75, 3.05) is 18.5 Å². The van der Waals surface area contributed by atoms with Crippen LogP contribution >= 0.6 is 27.3 Å². The first-order valence-electron chi connectivity index (χ1n) is 5.69. The summed E-state index contributed by atoms with van der Waals surface area (Å²) in [6.45, 7) is 0.324. The number of benzene rings is 1. The average Bonchev–Trinajstić information content (AvgIpc) is 2.88. The molecule has 0 saturated carbocycles. The van der Waals surface area contributed by atoms with Crippen LogP contribution in [-0.4, -0.2) is 34.9 Å². The second-order valence-electron chi connectivity index (χ2n) is 4.08. The zero-order chi connectivity index (χ0) is 14.7. The van der Waals surface area contributed by atoms with Crippen molar-refractivity contribution in [1.82, 2.24) is 10.2 Å². The van der Waals surface area contributed by atoms with Crippen molar-refractivity contribution in [3.8, 4) is 10.6 Å². The number of aliphatic carboxylic acids is 1. The molecule has 1 N–H and O–H groups in total. The summed E-state index contributed by atoms with van der Waals surface area (Å²) in [7, 11) is 1.73. The summed E-state index contributed by atoms with van der Waals surface area (Å²) in [5, 5.41) is 17.6. The molecule has 0 radical (unpaired) electrons. The molecule has 106 valence electrons. The number of hydrogen-bond donors (Lipinski definition) is 1. The Balaban J connectivity index is 2.20. The van der Waals surface area contributed by atoms with Crippen LogP contribution in [0.15, 0.2) is 22.7 Å². The molecular formula is C12H11BrFN3O2S. The molecule has 0 unspecified atom stereocenters. The smallest absolute Gasteiger partial charge is 0.305 e. The predicted molar refractivity (Wildman–Crippen MR) is 78.5 cm³/mol. The number of nitrogens with zero attached hydrogens (tertiary/aromatic N) is 3. The van der Waals surface area contributed by atoms with Gasteiger partial charge in [0, 0.05) is 23.6 Å². The van der Waals surface area contributed by atoms with Gasteiger partial charge in [-0.1, -0.05) is 27.3 Å². The second-order valence-corrected chi connectivity index (χ2v) is 5.95. The van der Waals surface area contributed by atoms with Gasteiger partial charge >= 0.3 is 5.97 Å². The Labute approximate surface area is 127 Å². The van der Waals surface area contributed by atoms with Crippen molar-refractivity contribution in [3.63, 3.8) is 0 Å². The Hall–Kier alpha value is -1.54. The molecule has 0 aliphatic carbocycles. The summed E-state index contributed by atoms with van der Waals surface area (Å²) in [6, 6.07) is 4.60. The Kier molecular flexibility index (Phi) is 4.66. The lowest BCUT2D eigenvalue weighted by Gasteiger charge is -2.12.